The van der Waals surface area contributed by atoms with Crippen molar-refractivity contribution in [2.45, 2.75) is 19.6 Å². The zero-order valence-electron chi connectivity index (χ0n) is 10.1. The van der Waals surface area contributed by atoms with E-state index in [1.807, 2.05) is 18.2 Å². The second-order valence-corrected chi connectivity index (χ2v) is 4.20. The van der Waals surface area contributed by atoms with Gasteiger partial charge in [-0.15, -0.1) is 0 Å². The molecule has 0 bridgehead atoms. The minimum Gasteiger partial charge on any atom is -0.375 e. The first kappa shape index (κ1) is 11.9. The summed E-state index contributed by atoms with van der Waals surface area (Å²) in [6.45, 7) is 5.10. The SMILES string of the molecule is CC1CN=C(NCCOCc2ccccc2)N1. The standard InChI is InChI=1S/C13H19N3O/c1-11-9-15-13(16-11)14-7-8-17-10-12-5-3-2-4-6-12/h2-6,11H,7-10H2,1H3,(H2,14,15,16). The van der Waals surface area contributed by atoms with Gasteiger partial charge >= 0.3 is 0 Å². The van der Waals surface area contributed by atoms with E-state index in [-0.39, 0.29) is 0 Å². The molecule has 0 saturated carbocycles. The van der Waals surface area contributed by atoms with Gasteiger partial charge in [0.25, 0.3) is 0 Å². The highest BCUT2D eigenvalue weighted by atomic mass is 16.5. The quantitative estimate of drug-likeness (QED) is 0.750. The fourth-order valence-corrected chi connectivity index (χ4v) is 1.67. The minimum absolute atomic E-state index is 0.447. The number of aliphatic imine (C=N–C) groups is 1. The summed E-state index contributed by atoms with van der Waals surface area (Å²) in [7, 11) is 0. The van der Waals surface area contributed by atoms with Crippen molar-refractivity contribution in [3.63, 3.8) is 0 Å². The maximum absolute atomic E-state index is 5.56. The van der Waals surface area contributed by atoms with Crippen LogP contribution in [-0.4, -0.2) is 31.7 Å². The number of nitrogens with zero attached hydrogens (tertiary/aromatic N) is 1. The molecule has 2 rings (SSSR count). The van der Waals surface area contributed by atoms with Gasteiger partial charge in [-0.3, -0.25) is 4.99 Å². The number of nitrogens with one attached hydrogen (secondary N) is 2. The predicted molar refractivity (Wildman–Crippen MR) is 69.0 cm³/mol. The maximum Gasteiger partial charge on any atom is 0.191 e. The molecule has 1 heterocycles. The van der Waals surface area contributed by atoms with Gasteiger partial charge in [0, 0.05) is 12.6 Å². The molecule has 1 aliphatic heterocycles. The van der Waals surface area contributed by atoms with Crippen LogP contribution in [0.1, 0.15) is 12.5 Å². The number of ether oxygens (including phenoxy) is 1. The van der Waals surface area contributed by atoms with E-state index < -0.39 is 0 Å². The van der Waals surface area contributed by atoms with Gasteiger partial charge in [-0.05, 0) is 12.5 Å². The summed E-state index contributed by atoms with van der Waals surface area (Å²) in [6.07, 6.45) is 0. The van der Waals surface area contributed by atoms with E-state index in [2.05, 4.69) is 34.7 Å². The van der Waals surface area contributed by atoms with Crippen LogP contribution in [0.25, 0.3) is 0 Å². The normalized spacial score (nSPS) is 18.6. The molecule has 1 unspecified atom stereocenters. The lowest BCUT2D eigenvalue weighted by atomic mass is 10.2. The monoisotopic (exact) mass is 233 g/mol. The molecule has 1 atom stereocenters. The molecular formula is C13H19N3O. The van der Waals surface area contributed by atoms with Crippen LogP contribution >= 0.6 is 0 Å². The molecule has 4 nitrogen and oxygen atoms in total. The number of rotatable bonds is 5. The van der Waals surface area contributed by atoms with Gasteiger partial charge in [-0.25, -0.2) is 0 Å². The summed E-state index contributed by atoms with van der Waals surface area (Å²) in [5.41, 5.74) is 1.21. The van der Waals surface area contributed by atoms with Crippen molar-refractivity contribution in [3.05, 3.63) is 35.9 Å². The summed E-state index contributed by atoms with van der Waals surface area (Å²) >= 11 is 0. The molecule has 0 saturated heterocycles. The van der Waals surface area contributed by atoms with Crippen molar-refractivity contribution in [1.82, 2.24) is 10.6 Å². The van der Waals surface area contributed by atoms with Gasteiger partial charge in [0.2, 0.25) is 0 Å². The Bertz CT molecular complexity index is 364. The Morgan fingerprint density at radius 1 is 1.41 bits per heavy atom. The molecule has 1 aromatic carbocycles. The van der Waals surface area contributed by atoms with Crippen LogP contribution in [0.2, 0.25) is 0 Å². The third kappa shape index (κ3) is 4.07. The van der Waals surface area contributed by atoms with Crippen LogP contribution in [0.3, 0.4) is 0 Å². The summed E-state index contributed by atoms with van der Waals surface area (Å²) in [5.74, 6) is 0.890. The Morgan fingerprint density at radius 3 is 2.94 bits per heavy atom. The van der Waals surface area contributed by atoms with Crippen LogP contribution < -0.4 is 10.6 Å². The highest BCUT2D eigenvalue weighted by Crippen LogP contribution is 1.99. The van der Waals surface area contributed by atoms with E-state index in [0.717, 1.165) is 19.0 Å². The van der Waals surface area contributed by atoms with Crippen LogP contribution in [-0.2, 0) is 11.3 Å². The molecule has 0 spiro atoms. The Morgan fingerprint density at radius 2 is 2.24 bits per heavy atom. The van der Waals surface area contributed by atoms with Crippen molar-refractivity contribution < 1.29 is 4.74 Å². The average molecular weight is 233 g/mol. The molecule has 92 valence electrons. The predicted octanol–water partition coefficient (Wildman–Crippen LogP) is 1.14. The van der Waals surface area contributed by atoms with E-state index in [1.165, 1.54) is 5.56 Å². The van der Waals surface area contributed by atoms with Gasteiger partial charge in [0.05, 0.1) is 19.8 Å². The number of guanidine groups is 1. The van der Waals surface area contributed by atoms with Crippen LogP contribution in [0.15, 0.2) is 35.3 Å². The first-order chi connectivity index (χ1) is 8.34. The van der Waals surface area contributed by atoms with Crippen LogP contribution in [0, 0.1) is 0 Å². The molecule has 17 heavy (non-hydrogen) atoms. The van der Waals surface area contributed by atoms with Gasteiger partial charge in [-0.2, -0.15) is 0 Å². The highest BCUT2D eigenvalue weighted by molar-refractivity contribution is 5.81. The second kappa shape index (κ2) is 6.25. The number of hydrogen-bond donors (Lipinski definition) is 2. The zero-order valence-corrected chi connectivity index (χ0v) is 10.1. The molecule has 4 heteroatoms. The maximum atomic E-state index is 5.56. The van der Waals surface area contributed by atoms with Gasteiger partial charge in [0.1, 0.15) is 0 Å². The molecular weight excluding hydrogens is 214 g/mol. The lowest BCUT2D eigenvalue weighted by Crippen LogP contribution is -2.39. The molecule has 2 N–H and O–H groups in total. The Labute approximate surface area is 102 Å². The Balaban J connectivity index is 1.55. The van der Waals surface area contributed by atoms with Gasteiger partial charge in [0.15, 0.2) is 5.96 Å². The summed E-state index contributed by atoms with van der Waals surface area (Å²) < 4.78 is 5.56. The minimum atomic E-state index is 0.447. The molecule has 0 radical (unpaired) electrons. The second-order valence-electron chi connectivity index (χ2n) is 4.20. The first-order valence-electron chi connectivity index (χ1n) is 6.01. The Kier molecular flexibility index (Phi) is 4.38. The summed E-state index contributed by atoms with van der Waals surface area (Å²) in [5, 5.41) is 6.46. The molecule has 0 fully saturated rings. The van der Waals surface area contributed by atoms with Crippen molar-refractivity contribution in [2.24, 2.45) is 4.99 Å². The summed E-state index contributed by atoms with van der Waals surface area (Å²) in [6, 6.07) is 10.6. The van der Waals surface area contributed by atoms with Crippen molar-refractivity contribution in [1.29, 1.82) is 0 Å². The molecule has 1 aliphatic rings. The van der Waals surface area contributed by atoms with E-state index in [4.69, 9.17) is 4.74 Å². The van der Waals surface area contributed by atoms with Crippen molar-refractivity contribution in [3.8, 4) is 0 Å². The Hall–Kier alpha value is -1.55. The highest BCUT2D eigenvalue weighted by Gasteiger charge is 2.10. The largest absolute Gasteiger partial charge is 0.375 e. The number of hydrogen-bond acceptors (Lipinski definition) is 4. The van der Waals surface area contributed by atoms with Crippen molar-refractivity contribution in [2.75, 3.05) is 19.7 Å². The molecule has 1 aromatic rings. The topological polar surface area (TPSA) is 45.7 Å². The lowest BCUT2D eigenvalue weighted by molar-refractivity contribution is 0.125. The van der Waals surface area contributed by atoms with Gasteiger partial charge < -0.3 is 15.4 Å². The molecule has 0 aromatic heterocycles. The summed E-state index contributed by atoms with van der Waals surface area (Å²) in [4.78, 5) is 4.31. The smallest absolute Gasteiger partial charge is 0.191 e. The third-order valence-corrected chi connectivity index (χ3v) is 2.56. The lowest BCUT2D eigenvalue weighted by Gasteiger charge is -2.09. The molecule has 0 aliphatic carbocycles. The average Bonchev–Trinajstić information content (AvgIpc) is 2.76. The van der Waals surface area contributed by atoms with E-state index in [1.54, 1.807) is 0 Å². The van der Waals surface area contributed by atoms with Gasteiger partial charge in [-0.1, -0.05) is 30.3 Å². The zero-order chi connectivity index (χ0) is 11.9. The number of benzene rings is 1. The van der Waals surface area contributed by atoms with Crippen molar-refractivity contribution >= 4 is 5.96 Å². The first-order valence-corrected chi connectivity index (χ1v) is 6.01. The third-order valence-electron chi connectivity index (χ3n) is 2.56. The van der Waals surface area contributed by atoms with Crippen LogP contribution in [0.4, 0.5) is 0 Å². The van der Waals surface area contributed by atoms with E-state index >= 15 is 0 Å². The van der Waals surface area contributed by atoms with Crippen LogP contribution in [0.5, 0.6) is 0 Å². The molecule has 0 amide bonds. The fourth-order valence-electron chi connectivity index (χ4n) is 1.67. The fraction of sp³-hybridized carbons (Fsp3) is 0.462. The van der Waals surface area contributed by atoms with E-state index in [9.17, 15) is 0 Å². The van der Waals surface area contributed by atoms with E-state index in [0.29, 0.717) is 19.3 Å².